The molecular formula is C11H12N4O3. The minimum atomic E-state index is -0.454. The average molecular weight is 248 g/mol. The highest BCUT2D eigenvalue weighted by Crippen LogP contribution is 2.25. The van der Waals surface area contributed by atoms with E-state index >= 15 is 0 Å². The lowest BCUT2D eigenvalue weighted by Crippen LogP contribution is -2.01. The largest absolute Gasteiger partial charge is 0.496 e. The van der Waals surface area contributed by atoms with Crippen LogP contribution in [0.1, 0.15) is 5.69 Å². The number of imidazole rings is 1. The Morgan fingerprint density at radius 3 is 2.94 bits per heavy atom. The van der Waals surface area contributed by atoms with E-state index in [1.54, 1.807) is 18.6 Å². The number of nitrogens with one attached hydrogen (secondary N) is 2. The number of aromatic amines is 1. The fraction of sp³-hybridized carbons (Fsp3) is 0.182. The number of hydrogen-bond donors (Lipinski definition) is 2. The Kier molecular flexibility index (Phi) is 3.42. The Bertz CT molecular complexity index is 539. The third-order valence-corrected chi connectivity index (χ3v) is 2.38. The molecule has 0 atom stereocenters. The van der Waals surface area contributed by atoms with Crippen molar-refractivity contribution in [2.24, 2.45) is 0 Å². The van der Waals surface area contributed by atoms with E-state index in [9.17, 15) is 10.1 Å². The quantitative estimate of drug-likeness (QED) is 0.623. The monoisotopic (exact) mass is 248 g/mol. The maximum atomic E-state index is 10.8. The summed E-state index contributed by atoms with van der Waals surface area (Å²) in [6.45, 7) is 0.504. The summed E-state index contributed by atoms with van der Waals surface area (Å²) < 4.78 is 5.02. The number of nitrogens with zero attached hydrogens (tertiary/aromatic N) is 2. The highest BCUT2D eigenvalue weighted by molar-refractivity contribution is 5.56. The fourth-order valence-electron chi connectivity index (χ4n) is 1.49. The van der Waals surface area contributed by atoms with Crippen molar-refractivity contribution in [1.82, 2.24) is 9.97 Å². The van der Waals surface area contributed by atoms with E-state index in [1.165, 1.54) is 19.2 Å². The minimum Gasteiger partial charge on any atom is -0.496 e. The second kappa shape index (κ2) is 5.17. The van der Waals surface area contributed by atoms with Gasteiger partial charge >= 0.3 is 0 Å². The highest BCUT2D eigenvalue weighted by atomic mass is 16.6. The summed E-state index contributed by atoms with van der Waals surface area (Å²) in [6.07, 6.45) is 3.26. The van der Waals surface area contributed by atoms with E-state index in [4.69, 9.17) is 4.74 Å². The van der Waals surface area contributed by atoms with Crippen LogP contribution in [0.5, 0.6) is 5.75 Å². The smallest absolute Gasteiger partial charge is 0.275 e. The molecule has 0 saturated carbocycles. The van der Waals surface area contributed by atoms with E-state index in [2.05, 4.69) is 15.3 Å². The molecule has 1 heterocycles. The molecule has 0 unspecified atom stereocenters. The molecule has 0 radical (unpaired) electrons. The molecule has 2 N–H and O–H groups in total. The van der Waals surface area contributed by atoms with Gasteiger partial charge in [-0.3, -0.25) is 10.1 Å². The molecule has 1 aromatic heterocycles. The number of benzene rings is 1. The third-order valence-electron chi connectivity index (χ3n) is 2.38. The summed E-state index contributed by atoms with van der Waals surface area (Å²) in [5.41, 5.74) is 1.50. The summed E-state index contributed by atoms with van der Waals surface area (Å²) in [5, 5.41) is 13.8. The van der Waals surface area contributed by atoms with Gasteiger partial charge < -0.3 is 15.0 Å². The number of nitro groups is 1. The maximum Gasteiger partial charge on any atom is 0.275 e. The lowest BCUT2D eigenvalue weighted by atomic mass is 10.2. The van der Waals surface area contributed by atoms with Crippen molar-refractivity contribution in [1.29, 1.82) is 0 Å². The van der Waals surface area contributed by atoms with Crippen molar-refractivity contribution < 1.29 is 9.66 Å². The molecular weight excluding hydrogens is 236 g/mol. The first-order valence-electron chi connectivity index (χ1n) is 5.23. The zero-order chi connectivity index (χ0) is 13.0. The molecule has 0 bridgehead atoms. The predicted octanol–water partition coefficient (Wildman–Crippen LogP) is 1.94. The zero-order valence-electron chi connectivity index (χ0n) is 9.71. The van der Waals surface area contributed by atoms with Gasteiger partial charge in [0, 0.05) is 24.0 Å². The van der Waals surface area contributed by atoms with Gasteiger partial charge in [0.25, 0.3) is 5.69 Å². The second-order valence-electron chi connectivity index (χ2n) is 3.61. The lowest BCUT2D eigenvalue weighted by Gasteiger charge is -2.07. The molecule has 1 aromatic carbocycles. The van der Waals surface area contributed by atoms with Gasteiger partial charge in [0.1, 0.15) is 5.75 Å². The molecule has 7 heteroatoms. The van der Waals surface area contributed by atoms with Crippen LogP contribution in [0.2, 0.25) is 0 Å². The zero-order valence-corrected chi connectivity index (χ0v) is 9.71. The lowest BCUT2D eigenvalue weighted by molar-refractivity contribution is -0.384. The van der Waals surface area contributed by atoms with Crippen LogP contribution < -0.4 is 10.1 Å². The summed E-state index contributed by atoms with van der Waals surface area (Å²) >= 11 is 0. The van der Waals surface area contributed by atoms with Crippen molar-refractivity contribution >= 4 is 11.4 Å². The average Bonchev–Trinajstić information content (AvgIpc) is 2.89. The van der Waals surface area contributed by atoms with Gasteiger partial charge in [0.15, 0.2) is 0 Å². The Morgan fingerprint density at radius 2 is 2.33 bits per heavy atom. The van der Waals surface area contributed by atoms with Gasteiger partial charge in [-0.05, 0) is 0 Å². The number of rotatable bonds is 5. The van der Waals surface area contributed by atoms with E-state index < -0.39 is 4.92 Å². The van der Waals surface area contributed by atoms with Crippen LogP contribution in [0.3, 0.4) is 0 Å². The van der Waals surface area contributed by atoms with Gasteiger partial charge in [-0.15, -0.1) is 0 Å². The topological polar surface area (TPSA) is 93.1 Å². The Morgan fingerprint density at radius 1 is 1.50 bits per heavy atom. The van der Waals surface area contributed by atoms with E-state index in [0.29, 0.717) is 18.0 Å². The van der Waals surface area contributed by atoms with Crippen LogP contribution in [0.15, 0.2) is 30.7 Å². The van der Waals surface area contributed by atoms with E-state index in [1.807, 2.05) is 0 Å². The van der Waals surface area contributed by atoms with Crippen molar-refractivity contribution in [3.63, 3.8) is 0 Å². The van der Waals surface area contributed by atoms with Crippen molar-refractivity contribution in [2.75, 3.05) is 12.4 Å². The SMILES string of the molecule is COc1cc(NCc2cnc[nH]2)cc([N+](=O)[O-])c1. The Balaban J connectivity index is 2.16. The number of non-ortho nitro benzene ring substituents is 1. The highest BCUT2D eigenvalue weighted by Gasteiger charge is 2.10. The molecule has 2 rings (SSSR count). The molecule has 0 aliphatic carbocycles. The van der Waals surface area contributed by atoms with Gasteiger partial charge in [-0.1, -0.05) is 0 Å². The predicted molar refractivity (Wildman–Crippen MR) is 65.6 cm³/mol. The summed E-state index contributed by atoms with van der Waals surface area (Å²) in [6, 6.07) is 4.53. The van der Waals surface area contributed by atoms with Gasteiger partial charge in [0.05, 0.1) is 36.7 Å². The van der Waals surface area contributed by atoms with Crippen LogP contribution in [-0.2, 0) is 6.54 Å². The van der Waals surface area contributed by atoms with Crippen LogP contribution in [0.25, 0.3) is 0 Å². The second-order valence-corrected chi connectivity index (χ2v) is 3.61. The van der Waals surface area contributed by atoms with Crippen LogP contribution in [0.4, 0.5) is 11.4 Å². The van der Waals surface area contributed by atoms with Crippen molar-refractivity contribution in [2.45, 2.75) is 6.54 Å². The minimum absolute atomic E-state index is 0.0125. The molecule has 2 aromatic rings. The molecule has 0 aliphatic rings. The number of nitro benzene ring substituents is 1. The summed E-state index contributed by atoms with van der Waals surface area (Å²) in [4.78, 5) is 17.1. The van der Waals surface area contributed by atoms with Crippen LogP contribution in [0, 0.1) is 10.1 Å². The number of anilines is 1. The Hall–Kier alpha value is -2.57. The first-order chi connectivity index (χ1) is 8.69. The first kappa shape index (κ1) is 11.9. The third kappa shape index (κ3) is 2.76. The Labute approximate surface area is 103 Å². The van der Waals surface area contributed by atoms with E-state index in [0.717, 1.165) is 5.69 Å². The van der Waals surface area contributed by atoms with Crippen LogP contribution >= 0.6 is 0 Å². The maximum absolute atomic E-state index is 10.8. The number of hydrogen-bond acceptors (Lipinski definition) is 5. The standard InChI is InChI=1S/C11H12N4O3/c1-18-11-3-8(2-10(4-11)15(16)17)13-6-9-5-12-7-14-9/h2-5,7,13H,6H2,1H3,(H,12,14). The van der Waals surface area contributed by atoms with Crippen LogP contribution in [-0.4, -0.2) is 22.0 Å². The molecule has 0 fully saturated rings. The number of ether oxygens (including phenoxy) is 1. The normalized spacial score (nSPS) is 10.1. The first-order valence-corrected chi connectivity index (χ1v) is 5.23. The molecule has 94 valence electrons. The van der Waals surface area contributed by atoms with Gasteiger partial charge in [-0.2, -0.15) is 0 Å². The van der Waals surface area contributed by atoms with Gasteiger partial charge in [-0.25, -0.2) is 4.98 Å². The van der Waals surface area contributed by atoms with Crippen molar-refractivity contribution in [3.05, 3.63) is 46.5 Å². The molecule has 0 saturated heterocycles. The summed E-state index contributed by atoms with van der Waals surface area (Å²) in [7, 11) is 1.47. The molecule has 0 aliphatic heterocycles. The summed E-state index contributed by atoms with van der Waals surface area (Å²) in [5.74, 6) is 0.441. The number of aromatic nitrogens is 2. The fourth-order valence-corrected chi connectivity index (χ4v) is 1.49. The number of methoxy groups -OCH3 is 1. The molecule has 0 spiro atoms. The molecule has 18 heavy (non-hydrogen) atoms. The van der Waals surface area contributed by atoms with Gasteiger partial charge in [0.2, 0.25) is 0 Å². The van der Waals surface area contributed by atoms with Crippen molar-refractivity contribution in [3.8, 4) is 5.75 Å². The van der Waals surface area contributed by atoms with E-state index in [-0.39, 0.29) is 5.69 Å². The molecule has 0 amide bonds. The molecule has 7 nitrogen and oxygen atoms in total. The number of H-pyrrole nitrogens is 1.